The molecule has 0 unspecified atom stereocenters. The lowest BCUT2D eigenvalue weighted by atomic mass is 10.2. The van der Waals surface area contributed by atoms with Gasteiger partial charge < -0.3 is 23.7 Å². The minimum Gasteiger partial charge on any atom is -0.493 e. The predicted octanol–water partition coefficient (Wildman–Crippen LogP) is 3.59. The lowest BCUT2D eigenvalue weighted by molar-refractivity contribution is 0.126. The molecule has 1 aromatic heterocycles. The van der Waals surface area contributed by atoms with Crippen LogP contribution in [0.15, 0.2) is 52.1 Å². The molecule has 1 atom stereocenters. The largest absolute Gasteiger partial charge is 0.493 e. The zero-order chi connectivity index (χ0) is 19.9. The summed E-state index contributed by atoms with van der Waals surface area (Å²) in [6, 6.07) is 13.0. The van der Waals surface area contributed by atoms with E-state index < -0.39 is 6.10 Å². The smallest absolute Gasteiger partial charge is 0.276 e. The quantitative estimate of drug-likeness (QED) is 0.544. The van der Waals surface area contributed by atoms with Gasteiger partial charge in [-0.25, -0.2) is 0 Å². The van der Waals surface area contributed by atoms with Crippen LogP contribution in [0.2, 0.25) is 0 Å². The Balaban J connectivity index is 1.53. The van der Waals surface area contributed by atoms with Gasteiger partial charge in [0.25, 0.3) is 5.22 Å². The second-order valence-corrected chi connectivity index (χ2v) is 7.00. The maximum atomic E-state index is 10.1. The maximum absolute atomic E-state index is 10.1. The number of nitrogens with zero attached hydrogens (tertiary/aromatic N) is 2. The number of aryl methyl sites for hydroxylation is 1. The highest BCUT2D eigenvalue weighted by Gasteiger charge is 2.14. The average Bonchev–Trinajstić information content (AvgIpc) is 3.20. The maximum Gasteiger partial charge on any atom is 0.276 e. The molecule has 0 saturated heterocycles. The predicted molar refractivity (Wildman–Crippen MR) is 106 cm³/mol. The van der Waals surface area contributed by atoms with Gasteiger partial charge in [0.1, 0.15) is 12.4 Å². The Morgan fingerprint density at radius 1 is 1.04 bits per heavy atom. The van der Waals surface area contributed by atoms with Crippen molar-refractivity contribution in [1.82, 2.24) is 10.2 Å². The Morgan fingerprint density at radius 3 is 2.50 bits per heavy atom. The van der Waals surface area contributed by atoms with E-state index in [4.69, 9.17) is 18.6 Å². The third-order valence-corrected chi connectivity index (χ3v) is 4.86. The van der Waals surface area contributed by atoms with Crippen molar-refractivity contribution in [2.45, 2.75) is 18.3 Å². The summed E-state index contributed by atoms with van der Waals surface area (Å²) < 4.78 is 21.7. The fourth-order valence-electron chi connectivity index (χ4n) is 2.40. The van der Waals surface area contributed by atoms with Crippen molar-refractivity contribution < 1.29 is 23.7 Å². The van der Waals surface area contributed by atoms with E-state index in [-0.39, 0.29) is 6.61 Å². The Kier molecular flexibility index (Phi) is 6.78. The zero-order valence-electron chi connectivity index (χ0n) is 15.9. The summed E-state index contributed by atoms with van der Waals surface area (Å²) in [5, 5.41) is 18.5. The Bertz CT molecular complexity index is 898. The topological polar surface area (TPSA) is 86.8 Å². The van der Waals surface area contributed by atoms with Gasteiger partial charge in [-0.1, -0.05) is 29.5 Å². The van der Waals surface area contributed by atoms with Crippen molar-refractivity contribution in [1.29, 1.82) is 0 Å². The normalized spacial score (nSPS) is 11.9. The summed E-state index contributed by atoms with van der Waals surface area (Å²) >= 11 is 1.27. The minimum absolute atomic E-state index is 0.187. The van der Waals surface area contributed by atoms with Gasteiger partial charge in [0, 0.05) is 11.3 Å². The summed E-state index contributed by atoms with van der Waals surface area (Å²) in [7, 11) is 3.14. The van der Waals surface area contributed by atoms with Crippen LogP contribution in [0.25, 0.3) is 11.5 Å². The number of aromatic nitrogens is 2. The number of ether oxygens (including phenoxy) is 3. The van der Waals surface area contributed by atoms with Crippen LogP contribution >= 0.6 is 11.8 Å². The summed E-state index contributed by atoms with van der Waals surface area (Å²) in [4.78, 5) is 0. The summed E-state index contributed by atoms with van der Waals surface area (Å²) in [6.45, 7) is 2.20. The highest BCUT2D eigenvalue weighted by molar-refractivity contribution is 7.99. The molecule has 2 aromatic carbocycles. The molecule has 3 aromatic rings. The van der Waals surface area contributed by atoms with Gasteiger partial charge in [0.2, 0.25) is 5.89 Å². The van der Waals surface area contributed by atoms with Crippen LogP contribution in [0, 0.1) is 6.92 Å². The van der Waals surface area contributed by atoms with Crippen LogP contribution < -0.4 is 14.2 Å². The van der Waals surface area contributed by atoms with Crippen LogP contribution in [0.3, 0.4) is 0 Å². The van der Waals surface area contributed by atoms with Crippen molar-refractivity contribution in [3.05, 3.63) is 48.0 Å². The second-order valence-electron chi connectivity index (χ2n) is 6.03. The Hall–Kier alpha value is -2.71. The van der Waals surface area contributed by atoms with E-state index in [0.717, 1.165) is 16.9 Å². The zero-order valence-corrected chi connectivity index (χ0v) is 16.7. The number of aliphatic hydroxyl groups is 1. The summed E-state index contributed by atoms with van der Waals surface area (Å²) in [5.74, 6) is 2.67. The molecule has 1 N–H and O–H groups in total. The van der Waals surface area contributed by atoms with Gasteiger partial charge in [-0.3, -0.25) is 0 Å². The molecule has 148 valence electrons. The molecule has 1 heterocycles. The molecule has 0 aliphatic carbocycles. The average molecular weight is 402 g/mol. The van der Waals surface area contributed by atoms with Gasteiger partial charge >= 0.3 is 0 Å². The van der Waals surface area contributed by atoms with Gasteiger partial charge in [-0.15, -0.1) is 10.2 Å². The first-order chi connectivity index (χ1) is 13.6. The molecule has 0 fully saturated rings. The number of hydrogen-bond donors (Lipinski definition) is 1. The van der Waals surface area contributed by atoms with Crippen LogP contribution in [-0.2, 0) is 0 Å². The van der Waals surface area contributed by atoms with Crippen molar-refractivity contribution in [3.63, 3.8) is 0 Å². The molecule has 0 aliphatic heterocycles. The third kappa shape index (κ3) is 5.17. The summed E-state index contributed by atoms with van der Waals surface area (Å²) in [6.07, 6.45) is -0.664. The number of benzene rings is 2. The molecular formula is C20H22N2O5S. The third-order valence-electron chi connectivity index (χ3n) is 3.90. The molecule has 0 aliphatic rings. The van der Waals surface area contributed by atoms with Gasteiger partial charge in [-0.05, 0) is 37.3 Å². The first kappa shape index (κ1) is 20.0. The molecule has 0 radical (unpaired) electrons. The van der Waals surface area contributed by atoms with Crippen molar-refractivity contribution in [3.8, 4) is 28.7 Å². The first-order valence-electron chi connectivity index (χ1n) is 8.65. The number of rotatable bonds is 9. The molecule has 0 spiro atoms. The molecule has 28 heavy (non-hydrogen) atoms. The van der Waals surface area contributed by atoms with Gasteiger partial charge in [0.05, 0.1) is 20.3 Å². The monoisotopic (exact) mass is 402 g/mol. The van der Waals surface area contributed by atoms with Crippen molar-refractivity contribution in [2.75, 3.05) is 26.6 Å². The van der Waals surface area contributed by atoms with Crippen LogP contribution in [-0.4, -0.2) is 48.0 Å². The molecule has 0 amide bonds. The van der Waals surface area contributed by atoms with E-state index in [2.05, 4.69) is 10.2 Å². The fraction of sp³-hybridized carbons (Fsp3) is 0.300. The minimum atomic E-state index is -0.664. The van der Waals surface area contributed by atoms with E-state index in [1.807, 2.05) is 37.3 Å². The van der Waals surface area contributed by atoms with Crippen LogP contribution in [0.5, 0.6) is 17.2 Å². The van der Waals surface area contributed by atoms with Gasteiger partial charge in [-0.2, -0.15) is 0 Å². The standard InChI is InChI=1S/C20H22N2O5S/c1-13-4-7-16(8-5-13)26-11-15(23)12-28-20-22-21-19(27-20)14-6-9-17(24-2)18(10-14)25-3/h4-10,15,23H,11-12H2,1-3H3/t15-/m1/s1. The van der Waals surface area contributed by atoms with Crippen molar-refractivity contribution in [2.24, 2.45) is 0 Å². The highest BCUT2D eigenvalue weighted by Crippen LogP contribution is 2.32. The SMILES string of the molecule is COc1ccc(-c2nnc(SC[C@H](O)COc3ccc(C)cc3)o2)cc1OC. The van der Waals surface area contributed by atoms with E-state index >= 15 is 0 Å². The van der Waals surface area contributed by atoms with Gasteiger partial charge in [0.15, 0.2) is 11.5 Å². The first-order valence-corrected chi connectivity index (χ1v) is 9.64. The molecule has 8 heteroatoms. The van der Waals surface area contributed by atoms with Crippen LogP contribution in [0.4, 0.5) is 0 Å². The molecule has 0 bridgehead atoms. The highest BCUT2D eigenvalue weighted by atomic mass is 32.2. The number of methoxy groups -OCH3 is 2. The van der Waals surface area contributed by atoms with Crippen molar-refractivity contribution >= 4 is 11.8 Å². The van der Waals surface area contributed by atoms with E-state index in [9.17, 15) is 5.11 Å². The Morgan fingerprint density at radius 2 is 1.79 bits per heavy atom. The second kappa shape index (κ2) is 9.48. The molecule has 0 saturated carbocycles. The van der Waals surface area contributed by atoms with Crippen LogP contribution in [0.1, 0.15) is 5.56 Å². The lowest BCUT2D eigenvalue weighted by Crippen LogP contribution is -2.20. The lowest BCUT2D eigenvalue weighted by Gasteiger charge is -2.11. The number of hydrogen-bond acceptors (Lipinski definition) is 8. The fourth-order valence-corrected chi connectivity index (χ4v) is 3.06. The molecular weight excluding hydrogens is 380 g/mol. The van der Waals surface area contributed by atoms with E-state index in [1.165, 1.54) is 11.8 Å². The van der Waals surface area contributed by atoms with E-state index in [1.54, 1.807) is 26.4 Å². The number of thioether (sulfide) groups is 1. The number of aliphatic hydroxyl groups excluding tert-OH is 1. The molecule has 3 rings (SSSR count). The summed E-state index contributed by atoms with van der Waals surface area (Å²) in [5.41, 5.74) is 1.88. The Labute approximate surface area is 167 Å². The molecule has 7 nitrogen and oxygen atoms in total. The van der Waals surface area contributed by atoms with E-state index in [0.29, 0.717) is 28.4 Å².